The van der Waals surface area contributed by atoms with Crippen molar-refractivity contribution in [3.63, 3.8) is 0 Å². The van der Waals surface area contributed by atoms with E-state index in [1.165, 1.54) is 0 Å². The van der Waals surface area contributed by atoms with Crippen molar-refractivity contribution in [1.82, 2.24) is 4.98 Å². The quantitative estimate of drug-likeness (QED) is 0.712. The van der Waals surface area contributed by atoms with Crippen molar-refractivity contribution in [3.05, 3.63) is 83.8 Å². The second kappa shape index (κ2) is 7.41. The number of carbonyl (C=O) groups excluding carboxylic acids is 1. The number of hydrogen-bond acceptors (Lipinski definition) is 4. The Balaban J connectivity index is 1.50. The molecular weight excluding hydrogens is 338 g/mol. The first kappa shape index (κ1) is 17.0. The number of nitrogens with zero attached hydrogens (tertiary/aromatic N) is 2. The van der Waals surface area contributed by atoms with Gasteiger partial charge >= 0.3 is 11.7 Å². The zero-order valence-corrected chi connectivity index (χ0v) is 15.0. The maximum Gasteiger partial charge on any atom is 0.359 e. The number of aromatic nitrogens is 2. The van der Waals surface area contributed by atoms with Crippen LogP contribution in [0.25, 0.3) is 12.2 Å². The largest absolute Gasteiger partial charge is 0.497 e. The molecule has 0 saturated heterocycles. The van der Waals surface area contributed by atoms with Crippen LogP contribution in [0.5, 0.6) is 5.75 Å². The van der Waals surface area contributed by atoms with Crippen LogP contribution in [0.4, 0.5) is 5.82 Å². The van der Waals surface area contributed by atoms with Gasteiger partial charge in [0.2, 0.25) is 0 Å². The molecule has 1 aliphatic heterocycles. The van der Waals surface area contributed by atoms with Crippen molar-refractivity contribution >= 4 is 23.9 Å². The van der Waals surface area contributed by atoms with Gasteiger partial charge in [-0.2, -0.15) is 4.57 Å². The molecule has 0 amide bonds. The topological polar surface area (TPSA) is 55.1 Å². The number of rotatable bonds is 5. The lowest BCUT2D eigenvalue weighted by Gasteiger charge is -2.02. The van der Waals surface area contributed by atoms with E-state index in [0.29, 0.717) is 6.42 Å². The molecule has 0 fully saturated rings. The van der Waals surface area contributed by atoms with Crippen molar-refractivity contribution in [1.29, 1.82) is 0 Å². The molecular formula is C22H20N3O2+. The zero-order valence-electron chi connectivity index (χ0n) is 15.0. The van der Waals surface area contributed by atoms with Crippen LogP contribution in [-0.4, -0.2) is 24.0 Å². The van der Waals surface area contributed by atoms with Crippen molar-refractivity contribution in [2.75, 3.05) is 12.4 Å². The van der Waals surface area contributed by atoms with Gasteiger partial charge in [0.1, 0.15) is 23.8 Å². The summed E-state index contributed by atoms with van der Waals surface area (Å²) in [5, 5.41) is 3.26. The summed E-state index contributed by atoms with van der Waals surface area (Å²) >= 11 is 0. The summed E-state index contributed by atoms with van der Waals surface area (Å²) in [7, 11) is 1.65. The van der Waals surface area contributed by atoms with Crippen LogP contribution in [0.1, 0.15) is 21.6 Å². The lowest BCUT2D eigenvalue weighted by atomic mass is 10.1. The number of nitrogens with one attached hydrogen (secondary N) is 1. The molecule has 1 atom stereocenters. The van der Waals surface area contributed by atoms with Gasteiger partial charge in [-0.05, 0) is 29.3 Å². The van der Waals surface area contributed by atoms with Crippen molar-refractivity contribution in [2.24, 2.45) is 0 Å². The molecule has 0 saturated carbocycles. The summed E-state index contributed by atoms with van der Waals surface area (Å²) < 4.78 is 6.81. The highest BCUT2D eigenvalue weighted by Gasteiger charge is 2.38. The zero-order chi connectivity index (χ0) is 18.6. The minimum atomic E-state index is -0.269. The van der Waals surface area contributed by atoms with Crippen molar-refractivity contribution in [3.8, 4) is 5.75 Å². The number of anilines is 1. The Morgan fingerprint density at radius 2 is 1.89 bits per heavy atom. The van der Waals surface area contributed by atoms with Crippen molar-refractivity contribution in [2.45, 2.75) is 12.5 Å². The van der Waals surface area contributed by atoms with E-state index in [2.05, 4.69) is 10.3 Å². The average molecular weight is 358 g/mol. The summed E-state index contributed by atoms with van der Waals surface area (Å²) in [6.07, 6.45) is 7.99. The average Bonchev–Trinajstić information content (AvgIpc) is 3.02. The molecule has 0 aliphatic carbocycles. The normalized spacial score (nSPS) is 15.6. The molecule has 2 aromatic carbocycles. The molecule has 0 bridgehead atoms. The fourth-order valence-electron chi connectivity index (χ4n) is 3.10. The summed E-state index contributed by atoms with van der Waals surface area (Å²) in [6, 6.07) is 17.5. The number of hydrogen-bond donors (Lipinski definition) is 1. The van der Waals surface area contributed by atoms with Crippen LogP contribution >= 0.6 is 0 Å². The Kier molecular flexibility index (Phi) is 4.66. The first-order valence-corrected chi connectivity index (χ1v) is 8.81. The minimum absolute atomic E-state index is 0.0374. The number of ether oxygens (including phenoxy) is 1. The van der Waals surface area contributed by atoms with Gasteiger partial charge in [0, 0.05) is 6.42 Å². The predicted octanol–water partition coefficient (Wildman–Crippen LogP) is 3.23. The van der Waals surface area contributed by atoms with Crippen LogP contribution in [0.3, 0.4) is 0 Å². The first-order chi connectivity index (χ1) is 13.2. The van der Waals surface area contributed by atoms with Gasteiger partial charge in [-0.25, -0.2) is 9.78 Å². The Bertz CT molecular complexity index is 982. The second-order valence-electron chi connectivity index (χ2n) is 6.40. The molecule has 1 N–H and O–H groups in total. The molecule has 27 heavy (non-hydrogen) atoms. The molecule has 1 aromatic heterocycles. The van der Waals surface area contributed by atoms with Crippen molar-refractivity contribution < 1.29 is 14.1 Å². The Hall–Kier alpha value is -3.47. The molecule has 2 heterocycles. The van der Waals surface area contributed by atoms with Gasteiger partial charge in [0.05, 0.1) is 7.11 Å². The van der Waals surface area contributed by atoms with E-state index in [4.69, 9.17) is 4.74 Å². The highest BCUT2D eigenvalue weighted by atomic mass is 16.5. The molecule has 5 heteroatoms. The van der Waals surface area contributed by atoms with E-state index in [-0.39, 0.29) is 11.9 Å². The number of fused-ring (bicyclic) bond motifs is 1. The Morgan fingerprint density at radius 1 is 1.11 bits per heavy atom. The summed E-state index contributed by atoms with van der Waals surface area (Å²) in [5.74, 6) is 1.58. The monoisotopic (exact) mass is 358 g/mol. The molecule has 3 aromatic rings. The smallest absolute Gasteiger partial charge is 0.359 e. The van der Waals surface area contributed by atoms with Crippen LogP contribution in [0.15, 0.2) is 67.0 Å². The van der Waals surface area contributed by atoms with Gasteiger partial charge in [0.25, 0.3) is 0 Å². The Morgan fingerprint density at radius 3 is 2.63 bits per heavy atom. The third-order valence-electron chi connectivity index (χ3n) is 4.56. The third-order valence-corrected chi connectivity index (χ3v) is 4.56. The highest BCUT2D eigenvalue weighted by molar-refractivity contribution is 5.81. The molecule has 0 radical (unpaired) electrons. The lowest BCUT2D eigenvalue weighted by Crippen LogP contribution is -2.43. The van der Waals surface area contributed by atoms with Crippen LogP contribution in [-0.2, 0) is 6.42 Å². The van der Waals surface area contributed by atoms with E-state index in [1.807, 2.05) is 66.7 Å². The first-order valence-electron chi connectivity index (χ1n) is 8.81. The lowest BCUT2D eigenvalue weighted by molar-refractivity contribution is -0.553. The molecule has 134 valence electrons. The third kappa shape index (κ3) is 3.72. The van der Waals surface area contributed by atoms with Crippen LogP contribution in [0.2, 0.25) is 0 Å². The van der Waals surface area contributed by atoms with E-state index in [1.54, 1.807) is 24.1 Å². The number of methoxy groups -OCH3 is 1. The standard InChI is InChI=1S/C22H19N3O2/c1-27-19-11-8-16(9-12-19)7-10-18-15-25-21(14-23-18)24-20(22(25)26)13-17-5-3-2-4-6-17/h2-12,14-15,20H,13H2,1H3/p+1/b10-7+. The second-order valence-corrected chi connectivity index (χ2v) is 6.40. The highest BCUT2D eigenvalue weighted by Crippen LogP contribution is 2.16. The SMILES string of the molecule is COc1ccc(/C=C/c2c[n+]3c(cn2)NC(Cc2ccccc2)C3=O)cc1. The summed E-state index contributed by atoms with van der Waals surface area (Å²) in [5.41, 5.74) is 2.89. The Labute approximate surface area is 158 Å². The van der Waals surface area contributed by atoms with Crippen LogP contribution < -0.4 is 14.6 Å². The number of benzene rings is 2. The number of carbonyl (C=O) groups is 1. The fraction of sp³-hybridized carbons (Fsp3) is 0.136. The van der Waals surface area contributed by atoms with Gasteiger partial charge in [0.15, 0.2) is 6.04 Å². The van der Waals surface area contributed by atoms with Crippen LogP contribution in [0, 0.1) is 0 Å². The van der Waals surface area contributed by atoms with Gasteiger partial charge in [-0.1, -0.05) is 48.5 Å². The fourth-order valence-corrected chi connectivity index (χ4v) is 3.10. The predicted molar refractivity (Wildman–Crippen MR) is 105 cm³/mol. The van der Waals surface area contributed by atoms with E-state index in [0.717, 1.165) is 28.4 Å². The minimum Gasteiger partial charge on any atom is -0.497 e. The van der Waals surface area contributed by atoms with Gasteiger partial charge in [-0.15, -0.1) is 0 Å². The summed E-state index contributed by atoms with van der Waals surface area (Å²) in [6.45, 7) is 0. The molecule has 1 unspecified atom stereocenters. The molecule has 5 nitrogen and oxygen atoms in total. The van der Waals surface area contributed by atoms with Gasteiger partial charge < -0.3 is 4.74 Å². The molecule has 0 spiro atoms. The molecule has 4 rings (SSSR count). The maximum absolute atomic E-state index is 12.7. The summed E-state index contributed by atoms with van der Waals surface area (Å²) in [4.78, 5) is 17.2. The molecule has 1 aliphatic rings. The van der Waals surface area contributed by atoms with E-state index < -0.39 is 0 Å². The van der Waals surface area contributed by atoms with E-state index >= 15 is 0 Å². The maximum atomic E-state index is 12.7. The van der Waals surface area contributed by atoms with E-state index in [9.17, 15) is 4.79 Å². The van der Waals surface area contributed by atoms with Gasteiger partial charge in [-0.3, -0.25) is 5.32 Å².